The standard InChI is InChI=1S/C9H12O4/c1-4-5-7(9(11)13-3)6-8(10)12-2/h1,7H,5-6H2,2-3H3. The van der Waals surface area contributed by atoms with Crippen molar-refractivity contribution in [1.29, 1.82) is 0 Å². The summed E-state index contributed by atoms with van der Waals surface area (Å²) in [6.07, 6.45) is 5.18. The van der Waals surface area contributed by atoms with Crippen LogP contribution in [-0.4, -0.2) is 26.2 Å². The predicted molar refractivity (Wildman–Crippen MR) is 45.6 cm³/mol. The summed E-state index contributed by atoms with van der Waals surface area (Å²) in [5, 5.41) is 0. The van der Waals surface area contributed by atoms with E-state index in [4.69, 9.17) is 6.42 Å². The lowest BCUT2D eigenvalue weighted by Crippen LogP contribution is -2.20. The maximum absolute atomic E-state index is 11.0. The molecule has 4 nitrogen and oxygen atoms in total. The topological polar surface area (TPSA) is 52.6 Å². The lowest BCUT2D eigenvalue weighted by atomic mass is 10.0. The molecule has 0 aliphatic rings. The molecular weight excluding hydrogens is 172 g/mol. The molecule has 0 N–H and O–H groups in total. The number of rotatable bonds is 4. The molecule has 0 rings (SSSR count). The minimum Gasteiger partial charge on any atom is -0.469 e. The molecule has 0 radical (unpaired) electrons. The summed E-state index contributed by atoms with van der Waals surface area (Å²) < 4.78 is 8.87. The van der Waals surface area contributed by atoms with Crippen molar-refractivity contribution in [2.45, 2.75) is 12.8 Å². The molecule has 0 aromatic carbocycles. The summed E-state index contributed by atoms with van der Waals surface area (Å²) in [5.41, 5.74) is 0. The van der Waals surface area contributed by atoms with Gasteiger partial charge in [-0.15, -0.1) is 12.3 Å². The Morgan fingerprint density at radius 3 is 2.38 bits per heavy atom. The van der Waals surface area contributed by atoms with Crippen molar-refractivity contribution in [2.75, 3.05) is 14.2 Å². The van der Waals surface area contributed by atoms with Crippen LogP contribution in [0.2, 0.25) is 0 Å². The first-order valence-corrected chi connectivity index (χ1v) is 3.73. The van der Waals surface area contributed by atoms with Gasteiger partial charge in [-0.05, 0) is 0 Å². The smallest absolute Gasteiger partial charge is 0.310 e. The Balaban J connectivity index is 4.18. The summed E-state index contributed by atoms with van der Waals surface area (Å²) in [6, 6.07) is 0. The second-order valence-electron chi connectivity index (χ2n) is 2.41. The van der Waals surface area contributed by atoms with Crippen molar-refractivity contribution < 1.29 is 19.1 Å². The molecule has 0 fully saturated rings. The minimum absolute atomic E-state index is 0.0344. The Kier molecular flexibility index (Phi) is 5.37. The normalized spacial score (nSPS) is 11.2. The largest absolute Gasteiger partial charge is 0.469 e. The van der Waals surface area contributed by atoms with E-state index < -0.39 is 17.9 Å². The van der Waals surface area contributed by atoms with Crippen LogP contribution in [0.15, 0.2) is 0 Å². The van der Waals surface area contributed by atoms with Gasteiger partial charge in [0.2, 0.25) is 0 Å². The summed E-state index contributed by atoms with van der Waals surface area (Å²) in [5.74, 6) is 0.759. The highest BCUT2D eigenvalue weighted by Crippen LogP contribution is 2.10. The maximum atomic E-state index is 11.0. The second-order valence-corrected chi connectivity index (χ2v) is 2.41. The average Bonchev–Trinajstić information content (AvgIpc) is 2.15. The van der Waals surface area contributed by atoms with Gasteiger partial charge in [0.1, 0.15) is 0 Å². The molecule has 1 unspecified atom stereocenters. The molecule has 0 bridgehead atoms. The molecule has 0 saturated heterocycles. The number of hydrogen-bond acceptors (Lipinski definition) is 4. The molecule has 4 heteroatoms. The van der Waals surface area contributed by atoms with E-state index >= 15 is 0 Å². The summed E-state index contributed by atoms with van der Waals surface area (Å²) >= 11 is 0. The van der Waals surface area contributed by atoms with E-state index in [1.165, 1.54) is 14.2 Å². The van der Waals surface area contributed by atoms with Gasteiger partial charge in [0.25, 0.3) is 0 Å². The predicted octanol–water partition coefficient (Wildman–Crippen LogP) is 0.362. The van der Waals surface area contributed by atoms with Gasteiger partial charge < -0.3 is 9.47 Å². The Hall–Kier alpha value is -1.50. The number of hydrogen-bond donors (Lipinski definition) is 0. The van der Waals surface area contributed by atoms with Crippen molar-refractivity contribution in [1.82, 2.24) is 0 Å². The molecule has 0 aliphatic heterocycles. The summed E-state index contributed by atoms with van der Waals surface area (Å²) in [7, 11) is 2.51. The van der Waals surface area contributed by atoms with E-state index in [9.17, 15) is 9.59 Å². The fourth-order valence-electron chi connectivity index (χ4n) is 0.832. The quantitative estimate of drug-likeness (QED) is 0.467. The average molecular weight is 184 g/mol. The monoisotopic (exact) mass is 184 g/mol. The van der Waals surface area contributed by atoms with Gasteiger partial charge in [0.15, 0.2) is 0 Å². The van der Waals surface area contributed by atoms with Crippen molar-refractivity contribution in [3.05, 3.63) is 0 Å². The zero-order chi connectivity index (χ0) is 10.3. The van der Waals surface area contributed by atoms with Gasteiger partial charge in [-0.25, -0.2) is 0 Å². The van der Waals surface area contributed by atoms with Crippen LogP contribution in [0.5, 0.6) is 0 Å². The van der Waals surface area contributed by atoms with Crippen molar-refractivity contribution in [3.63, 3.8) is 0 Å². The Morgan fingerprint density at radius 1 is 1.38 bits per heavy atom. The number of carbonyl (C=O) groups excluding carboxylic acids is 2. The lowest BCUT2D eigenvalue weighted by molar-refractivity contribution is -0.151. The number of esters is 2. The van der Waals surface area contributed by atoms with E-state index in [2.05, 4.69) is 15.4 Å². The van der Waals surface area contributed by atoms with Crippen LogP contribution in [0.25, 0.3) is 0 Å². The zero-order valence-corrected chi connectivity index (χ0v) is 7.70. The Labute approximate surface area is 77.2 Å². The summed E-state index contributed by atoms with van der Waals surface area (Å²) in [4.78, 5) is 21.8. The second kappa shape index (κ2) is 6.06. The first kappa shape index (κ1) is 11.5. The van der Waals surface area contributed by atoms with E-state index in [0.29, 0.717) is 0 Å². The van der Waals surface area contributed by atoms with Gasteiger partial charge in [-0.1, -0.05) is 0 Å². The fraction of sp³-hybridized carbons (Fsp3) is 0.556. The first-order valence-electron chi connectivity index (χ1n) is 3.73. The molecule has 0 heterocycles. The maximum Gasteiger partial charge on any atom is 0.310 e. The van der Waals surface area contributed by atoms with E-state index in [1.807, 2.05) is 0 Å². The number of ether oxygens (including phenoxy) is 2. The van der Waals surface area contributed by atoms with Crippen LogP contribution in [0, 0.1) is 18.3 Å². The molecular formula is C9H12O4. The number of carbonyl (C=O) groups is 2. The molecule has 0 aromatic rings. The van der Waals surface area contributed by atoms with Crippen LogP contribution in [0.4, 0.5) is 0 Å². The lowest BCUT2D eigenvalue weighted by Gasteiger charge is -2.09. The molecule has 0 aliphatic carbocycles. The SMILES string of the molecule is C#CCC(CC(=O)OC)C(=O)OC. The molecule has 1 atom stereocenters. The number of methoxy groups -OCH3 is 2. The van der Waals surface area contributed by atoms with Crippen LogP contribution >= 0.6 is 0 Å². The van der Waals surface area contributed by atoms with E-state index in [0.717, 1.165) is 0 Å². The Bertz CT molecular complexity index is 226. The van der Waals surface area contributed by atoms with Gasteiger partial charge in [0.05, 0.1) is 26.6 Å². The third kappa shape index (κ3) is 4.16. The number of terminal acetylenes is 1. The minimum atomic E-state index is -0.595. The molecule has 13 heavy (non-hydrogen) atoms. The zero-order valence-electron chi connectivity index (χ0n) is 7.70. The van der Waals surface area contributed by atoms with Gasteiger partial charge in [0, 0.05) is 6.42 Å². The van der Waals surface area contributed by atoms with Crippen LogP contribution in [-0.2, 0) is 19.1 Å². The van der Waals surface area contributed by atoms with Gasteiger partial charge >= 0.3 is 11.9 Å². The highest BCUT2D eigenvalue weighted by molar-refractivity contribution is 5.80. The molecule has 0 aromatic heterocycles. The summed E-state index contributed by atoms with van der Waals surface area (Å²) in [6.45, 7) is 0. The fourth-order valence-corrected chi connectivity index (χ4v) is 0.832. The highest BCUT2D eigenvalue weighted by atomic mass is 16.5. The van der Waals surface area contributed by atoms with E-state index in [1.54, 1.807) is 0 Å². The molecule has 0 spiro atoms. The van der Waals surface area contributed by atoms with Crippen molar-refractivity contribution in [2.24, 2.45) is 5.92 Å². The van der Waals surface area contributed by atoms with Gasteiger partial charge in [-0.2, -0.15) is 0 Å². The Morgan fingerprint density at radius 2 is 2.00 bits per heavy atom. The molecule has 0 amide bonds. The third-order valence-electron chi connectivity index (χ3n) is 1.54. The highest BCUT2D eigenvalue weighted by Gasteiger charge is 2.21. The molecule has 0 saturated carbocycles. The van der Waals surface area contributed by atoms with Crippen LogP contribution in [0.1, 0.15) is 12.8 Å². The van der Waals surface area contributed by atoms with Crippen LogP contribution in [0.3, 0.4) is 0 Å². The first-order chi connectivity index (χ1) is 6.15. The van der Waals surface area contributed by atoms with Gasteiger partial charge in [-0.3, -0.25) is 9.59 Å². The van der Waals surface area contributed by atoms with Crippen molar-refractivity contribution in [3.8, 4) is 12.3 Å². The van der Waals surface area contributed by atoms with Crippen LogP contribution < -0.4 is 0 Å². The molecule has 72 valence electrons. The third-order valence-corrected chi connectivity index (χ3v) is 1.54. The van der Waals surface area contributed by atoms with Crippen molar-refractivity contribution >= 4 is 11.9 Å². The van der Waals surface area contributed by atoms with E-state index in [-0.39, 0.29) is 12.8 Å².